The average molecular weight is 250 g/mol. The summed E-state index contributed by atoms with van der Waals surface area (Å²) < 4.78 is 5.16. The zero-order chi connectivity index (χ0) is 13.4. The second kappa shape index (κ2) is 7.52. The zero-order valence-corrected chi connectivity index (χ0v) is 11.9. The molecule has 0 aromatic heterocycles. The molecule has 0 saturated carbocycles. The van der Waals surface area contributed by atoms with Crippen LogP contribution in [-0.4, -0.2) is 44.8 Å². The summed E-state index contributed by atoms with van der Waals surface area (Å²) in [6.45, 7) is 8.77. The first-order chi connectivity index (χ1) is 8.66. The van der Waals surface area contributed by atoms with Crippen molar-refractivity contribution >= 4 is 0 Å². The number of nitrogens with two attached hydrogens (primary N) is 1. The molecule has 0 bridgehead atoms. The van der Waals surface area contributed by atoms with E-state index in [1.165, 1.54) is 5.56 Å². The van der Waals surface area contributed by atoms with Gasteiger partial charge < -0.3 is 15.4 Å². The van der Waals surface area contributed by atoms with Gasteiger partial charge in [-0.15, -0.1) is 0 Å². The number of benzene rings is 1. The summed E-state index contributed by atoms with van der Waals surface area (Å²) in [5.41, 5.74) is 7.33. The first-order valence-corrected chi connectivity index (χ1v) is 6.63. The highest BCUT2D eigenvalue weighted by atomic mass is 16.5. The molecule has 0 aliphatic carbocycles. The van der Waals surface area contributed by atoms with Crippen molar-refractivity contribution in [2.24, 2.45) is 5.73 Å². The maximum absolute atomic E-state index is 6.01. The maximum atomic E-state index is 6.01. The summed E-state index contributed by atoms with van der Waals surface area (Å²) >= 11 is 0. The lowest BCUT2D eigenvalue weighted by atomic mass is 9.82. The van der Waals surface area contributed by atoms with Crippen LogP contribution < -0.4 is 5.73 Å². The van der Waals surface area contributed by atoms with E-state index >= 15 is 0 Å². The number of likely N-dealkylation sites (N-methyl/N-ethyl adjacent to an activating group) is 1. The molecule has 102 valence electrons. The van der Waals surface area contributed by atoms with Crippen LogP contribution in [0.25, 0.3) is 0 Å². The Hall–Kier alpha value is -0.900. The monoisotopic (exact) mass is 250 g/mol. The van der Waals surface area contributed by atoms with Crippen LogP contribution in [0.4, 0.5) is 0 Å². The first kappa shape index (κ1) is 15.2. The lowest BCUT2D eigenvalue weighted by Crippen LogP contribution is -2.44. The standard InChI is InChI=1S/C15H26N2O/c1-4-17(10-11-18-3)13-15(2,12-16)14-8-6-5-7-9-14/h5-9H,4,10-13,16H2,1-3H3. The minimum Gasteiger partial charge on any atom is -0.383 e. The van der Waals surface area contributed by atoms with Crippen LogP contribution in [0.1, 0.15) is 19.4 Å². The molecule has 1 aromatic rings. The van der Waals surface area contributed by atoms with E-state index in [0.29, 0.717) is 6.54 Å². The maximum Gasteiger partial charge on any atom is 0.0589 e. The molecule has 0 heterocycles. The second-order valence-electron chi connectivity index (χ2n) is 4.99. The van der Waals surface area contributed by atoms with Crippen molar-refractivity contribution in [1.29, 1.82) is 0 Å². The molecule has 0 aliphatic rings. The van der Waals surface area contributed by atoms with Crippen LogP contribution in [-0.2, 0) is 10.2 Å². The SMILES string of the molecule is CCN(CCOC)CC(C)(CN)c1ccccc1. The molecular formula is C15H26N2O. The number of hydrogen-bond acceptors (Lipinski definition) is 3. The third-order valence-electron chi connectivity index (χ3n) is 3.55. The molecule has 2 N–H and O–H groups in total. The first-order valence-electron chi connectivity index (χ1n) is 6.63. The van der Waals surface area contributed by atoms with E-state index in [2.05, 4.69) is 43.0 Å². The zero-order valence-electron chi connectivity index (χ0n) is 11.9. The molecule has 1 aromatic carbocycles. The fourth-order valence-electron chi connectivity index (χ4n) is 2.18. The lowest BCUT2D eigenvalue weighted by molar-refractivity contribution is 0.136. The third-order valence-corrected chi connectivity index (χ3v) is 3.55. The fraction of sp³-hybridized carbons (Fsp3) is 0.600. The normalized spacial score (nSPS) is 14.7. The Morgan fingerprint density at radius 2 is 1.94 bits per heavy atom. The van der Waals surface area contributed by atoms with E-state index in [1.54, 1.807) is 7.11 Å². The molecular weight excluding hydrogens is 224 g/mol. The Bertz CT molecular complexity index is 329. The van der Waals surface area contributed by atoms with Gasteiger partial charge in [-0.05, 0) is 12.1 Å². The van der Waals surface area contributed by atoms with Gasteiger partial charge >= 0.3 is 0 Å². The van der Waals surface area contributed by atoms with Crippen molar-refractivity contribution in [2.45, 2.75) is 19.3 Å². The molecule has 3 heteroatoms. The summed E-state index contributed by atoms with van der Waals surface area (Å²) in [5.74, 6) is 0. The van der Waals surface area contributed by atoms with Crippen LogP contribution in [0.15, 0.2) is 30.3 Å². The summed E-state index contributed by atoms with van der Waals surface area (Å²) in [4.78, 5) is 2.39. The van der Waals surface area contributed by atoms with Crippen LogP contribution in [0, 0.1) is 0 Å². The fourth-order valence-corrected chi connectivity index (χ4v) is 2.18. The number of rotatable bonds is 8. The summed E-state index contributed by atoms with van der Waals surface area (Å²) in [5, 5.41) is 0. The Kier molecular flexibility index (Phi) is 6.33. The van der Waals surface area contributed by atoms with Gasteiger partial charge in [0.2, 0.25) is 0 Å². The van der Waals surface area contributed by atoms with E-state index < -0.39 is 0 Å². The van der Waals surface area contributed by atoms with Gasteiger partial charge in [-0.1, -0.05) is 44.2 Å². The molecule has 0 saturated heterocycles. The van der Waals surface area contributed by atoms with Gasteiger partial charge in [0.15, 0.2) is 0 Å². The van der Waals surface area contributed by atoms with E-state index in [0.717, 1.165) is 26.2 Å². The minimum atomic E-state index is 0.00497. The molecule has 18 heavy (non-hydrogen) atoms. The Balaban J connectivity index is 2.75. The molecule has 1 unspecified atom stereocenters. The molecule has 0 aliphatic heterocycles. The lowest BCUT2D eigenvalue weighted by Gasteiger charge is -2.34. The Morgan fingerprint density at radius 1 is 1.28 bits per heavy atom. The van der Waals surface area contributed by atoms with Gasteiger partial charge in [0.05, 0.1) is 6.61 Å². The Labute approximate surface area is 111 Å². The van der Waals surface area contributed by atoms with Crippen molar-refractivity contribution in [2.75, 3.05) is 39.9 Å². The number of methoxy groups -OCH3 is 1. The molecule has 0 amide bonds. The van der Waals surface area contributed by atoms with E-state index in [-0.39, 0.29) is 5.41 Å². The predicted octanol–water partition coefficient (Wildman–Crippen LogP) is 1.87. The highest BCUT2D eigenvalue weighted by molar-refractivity contribution is 5.25. The predicted molar refractivity (Wildman–Crippen MR) is 76.8 cm³/mol. The van der Waals surface area contributed by atoms with E-state index in [9.17, 15) is 0 Å². The van der Waals surface area contributed by atoms with Gasteiger partial charge in [-0.3, -0.25) is 0 Å². The van der Waals surface area contributed by atoms with Gasteiger partial charge in [0.1, 0.15) is 0 Å². The highest BCUT2D eigenvalue weighted by Gasteiger charge is 2.27. The van der Waals surface area contributed by atoms with Crippen LogP contribution in [0.3, 0.4) is 0 Å². The topological polar surface area (TPSA) is 38.5 Å². The molecule has 1 rings (SSSR count). The van der Waals surface area contributed by atoms with E-state index in [1.807, 2.05) is 6.07 Å². The molecule has 0 spiro atoms. The van der Waals surface area contributed by atoms with Crippen LogP contribution >= 0.6 is 0 Å². The quantitative estimate of drug-likeness (QED) is 0.765. The summed E-state index contributed by atoms with van der Waals surface area (Å²) in [6.07, 6.45) is 0. The van der Waals surface area contributed by atoms with Crippen molar-refractivity contribution in [1.82, 2.24) is 4.90 Å². The molecule has 3 nitrogen and oxygen atoms in total. The number of hydrogen-bond donors (Lipinski definition) is 1. The van der Waals surface area contributed by atoms with Crippen LogP contribution in [0.2, 0.25) is 0 Å². The van der Waals surface area contributed by atoms with Gasteiger partial charge in [0.25, 0.3) is 0 Å². The summed E-state index contributed by atoms with van der Waals surface area (Å²) in [7, 11) is 1.74. The highest BCUT2D eigenvalue weighted by Crippen LogP contribution is 2.23. The molecule has 0 fully saturated rings. The van der Waals surface area contributed by atoms with E-state index in [4.69, 9.17) is 10.5 Å². The third kappa shape index (κ3) is 4.09. The molecule has 1 atom stereocenters. The largest absolute Gasteiger partial charge is 0.383 e. The van der Waals surface area contributed by atoms with Crippen molar-refractivity contribution < 1.29 is 4.74 Å². The Morgan fingerprint density at radius 3 is 2.44 bits per heavy atom. The smallest absolute Gasteiger partial charge is 0.0589 e. The van der Waals surface area contributed by atoms with Crippen molar-refractivity contribution in [3.63, 3.8) is 0 Å². The van der Waals surface area contributed by atoms with Crippen molar-refractivity contribution in [3.8, 4) is 0 Å². The van der Waals surface area contributed by atoms with Gasteiger partial charge in [0, 0.05) is 32.2 Å². The van der Waals surface area contributed by atoms with Gasteiger partial charge in [-0.2, -0.15) is 0 Å². The molecule has 0 radical (unpaired) electrons. The van der Waals surface area contributed by atoms with Crippen LogP contribution in [0.5, 0.6) is 0 Å². The van der Waals surface area contributed by atoms with Crippen molar-refractivity contribution in [3.05, 3.63) is 35.9 Å². The second-order valence-corrected chi connectivity index (χ2v) is 4.99. The summed E-state index contributed by atoms with van der Waals surface area (Å²) in [6, 6.07) is 10.5. The number of ether oxygens (including phenoxy) is 1. The number of nitrogens with zero attached hydrogens (tertiary/aromatic N) is 1. The average Bonchev–Trinajstić information content (AvgIpc) is 2.44. The minimum absolute atomic E-state index is 0.00497. The van der Waals surface area contributed by atoms with Gasteiger partial charge in [-0.25, -0.2) is 0 Å².